The van der Waals surface area contributed by atoms with Crippen molar-refractivity contribution in [2.45, 2.75) is 10.9 Å². The summed E-state index contributed by atoms with van der Waals surface area (Å²) < 4.78 is 26.5. The van der Waals surface area contributed by atoms with Crippen LogP contribution >= 0.6 is 24.2 Å². The summed E-state index contributed by atoms with van der Waals surface area (Å²) in [6.07, 6.45) is 0. The monoisotopic (exact) mass is 377 g/mol. The Bertz CT molecular complexity index is 628. The van der Waals surface area contributed by atoms with Crippen LogP contribution in [0.25, 0.3) is 0 Å². The number of carbonyl (C=O) groups is 1. The second-order valence-electron chi connectivity index (χ2n) is 5.31. The number of thioether (sulfide) groups is 1. The minimum atomic E-state index is -3.45. The molecule has 2 aliphatic rings. The molecule has 128 valence electrons. The molecular weight excluding hydrogens is 358 g/mol. The molecule has 9 heteroatoms. The minimum Gasteiger partial charge on any atom is -0.339 e. The van der Waals surface area contributed by atoms with Crippen molar-refractivity contribution >= 4 is 40.1 Å². The SMILES string of the molecule is Cl.O=C(C1CSCN1)N1CCN(S(=O)(=O)c2ccccc2)CC1. The predicted molar refractivity (Wildman–Crippen MR) is 93.3 cm³/mol. The Morgan fingerprint density at radius 2 is 1.78 bits per heavy atom. The molecule has 0 saturated carbocycles. The normalized spacial score (nSPS) is 22.6. The van der Waals surface area contributed by atoms with Crippen LogP contribution in [0.3, 0.4) is 0 Å². The fourth-order valence-electron chi connectivity index (χ4n) is 2.66. The molecule has 1 N–H and O–H groups in total. The third-order valence-electron chi connectivity index (χ3n) is 3.95. The first-order chi connectivity index (χ1) is 10.6. The quantitative estimate of drug-likeness (QED) is 0.835. The summed E-state index contributed by atoms with van der Waals surface area (Å²) in [5.74, 6) is 1.68. The van der Waals surface area contributed by atoms with Crippen molar-refractivity contribution in [1.29, 1.82) is 0 Å². The summed E-state index contributed by atoms with van der Waals surface area (Å²) >= 11 is 1.71. The van der Waals surface area contributed by atoms with Crippen LogP contribution in [0.1, 0.15) is 0 Å². The van der Waals surface area contributed by atoms with Crippen molar-refractivity contribution in [3.8, 4) is 0 Å². The molecule has 1 aromatic carbocycles. The molecule has 2 fully saturated rings. The topological polar surface area (TPSA) is 69.7 Å². The van der Waals surface area contributed by atoms with Crippen LogP contribution < -0.4 is 5.32 Å². The Hall–Kier alpha value is -0.800. The van der Waals surface area contributed by atoms with E-state index in [1.54, 1.807) is 47.0 Å². The highest BCUT2D eigenvalue weighted by molar-refractivity contribution is 7.99. The molecule has 2 saturated heterocycles. The van der Waals surface area contributed by atoms with Gasteiger partial charge in [0.15, 0.2) is 0 Å². The lowest BCUT2D eigenvalue weighted by atomic mass is 10.2. The summed E-state index contributed by atoms with van der Waals surface area (Å²) in [5.41, 5.74) is 0. The van der Waals surface area contributed by atoms with Crippen molar-refractivity contribution in [3.63, 3.8) is 0 Å². The van der Waals surface area contributed by atoms with Gasteiger partial charge in [0.1, 0.15) is 0 Å². The van der Waals surface area contributed by atoms with E-state index >= 15 is 0 Å². The summed E-state index contributed by atoms with van der Waals surface area (Å²) in [4.78, 5) is 14.4. The van der Waals surface area contributed by atoms with Crippen molar-refractivity contribution in [1.82, 2.24) is 14.5 Å². The maximum Gasteiger partial charge on any atom is 0.243 e. The molecule has 3 rings (SSSR count). The molecule has 1 atom stereocenters. The standard InChI is InChI=1S/C14H19N3O3S2.ClH/c18-14(13-10-21-11-15-13)16-6-8-17(9-7-16)22(19,20)12-4-2-1-3-5-12;/h1-5,13,15H,6-11H2;1H. The van der Waals surface area contributed by atoms with E-state index in [0.29, 0.717) is 31.1 Å². The first-order valence-corrected chi connectivity index (χ1v) is 9.83. The number of rotatable bonds is 3. The van der Waals surface area contributed by atoms with Gasteiger partial charge in [-0.25, -0.2) is 8.42 Å². The molecule has 1 amide bonds. The van der Waals surface area contributed by atoms with Crippen LogP contribution in [0.15, 0.2) is 35.2 Å². The van der Waals surface area contributed by atoms with Crippen LogP contribution in [0.2, 0.25) is 0 Å². The van der Waals surface area contributed by atoms with Gasteiger partial charge in [0.25, 0.3) is 0 Å². The first-order valence-electron chi connectivity index (χ1n) is 7.24. The van der Waals surface area contributed by atoms with Gasteiger partial charge in [-0.05, 0) is 12.1 Å². The second kappa shape index (κ2) is 7.85. The zero-order valence-electron chi connectivity index (χ0n) is 12.6. The summed E-state index contributed by atoms with van der Waals surface area (Å²) in [6.45, 7) is 1.60. The predicted octanol–water partition coefficient (Wildman–Crippen LogP) is 0.604. The van der Waals surface area contributed by atoms with E-state index in [9.17, 15) is 13.2 Å². The Labute approximate surface area is 147 Å². The average Bonchev–Trinajstić information content (AvgIpc) is 3.09. The van der Waals surface area contributed by atoms with E-state index in [0.717, 1.165) is 11.6 Å². The van der Waals surface area contributed by atoms with E-state index in [1.165, 1.54) is 4.31 Å². The summed E-state index contributed by atoms with van der Waals surface area (Å²) in [6, 6.07) is 8.32. The molecule has 1 unspecified atom stereocenters. The van der Waals surface area contributed by atoms with Crippen LogP contribution in [-0.2, 0) is 14.8 Å². The van der Waals surface area contributed by atoms with Gasteiger partial charge in [-0.1, -0.05) is 18.2 Å². The lowest BCUT2D eigenvalue weighted by Gasteiger charge is -2.35. The highest BCUT2D eigenvalue weighted by Crippen LogP contribution is 2.18. The van der Waals surface area contributed by atoms with Gasteiger partial charge < -0.3 is 4.90 Å². The molecule has 0 aromatic heterocycles. The molecule has 0 bridgehead atoms. The zero-order valence-corrected chi connectivity index (χ0v) is 15.0. The number of halogens is 1. The molecular formula is C14H20ClN3O3S2. The van der Waals surface area contributed by atoms with Gasteiger partial charge in [-0.2, -0.15) is 4.31 Å². The summed E-state index contributed by atoms with van der Waals surface area (Å²) in [7, 11) is -3.45. The second-order valence-corrected chi connectivity index (χ2v) is 8.28. The Kier molecular flexibility index (Phi) is 6.33. The van der Waals surface area contributed by atoms with E-state index < -0.39 is 10.0 Å². The smallest absolute Gasteiger partial charge is 0.243 e. The van der Waals surface area contributed by atoms with Crippen molar-refractivity contribution in [3.05, 3.63) is 30.3 Å². The van der Waals surface area contributed by atoms with E-state index in [2.05, 4.69) is 5.32 Å². The van der Waals surface area contributed by atoms with E-state index in [-0.39, 0.29) is 24.4 Å². The van der Waals surface area contributed by atoms with Gasteiger partial charge >= 0.3 is 0 Å². The van der Waals surface area contributed by atoms with E-state index in [4.69, 9.17) is 0 Å². The van der Waals surface area contributed by atoms with Gasteiger partial charge in [0.05, 0.1) is 10.9 Å². The van der Waals surface area contributed by atoms with Gasteiger partial charge in [-0.3, -0.25) is 10.1 Å². The highest BCUT2D eigenvalue weighted by Gasteiger charge is 2.33. The molecule has 0 spiro atoms. The number of sulfonamides is 1. The maximum atomic E-state index is 12.5. The molecule has 23 heavy (non-hydrogen) atoms. The fourth-order valence-corrected chi connectivity index (χ4v) is 5.04. The zero-order chi connectivity index (χ0) is 15.6. The van der Waals surface area contributed by atoms with Crippen LogP contribution in [0.4, 0.5) is 0 Å². The lowest BCUT2D eigenvalue weighted by Crippen LogP contribution is -2.54. The average molecular weight is 378 g/mol. The Balaban J connectivity index is 0.00000192. The molecule has 0 radical (unpaired) electrons. The Morgan fingerprint density at radius 3 is 2.35 bits per heavy atom. The van der Waals surface area contributed by atoms with Gasteiger partial charge in [0.2, 0.25) is 15.9 Å². The lowest BCUT2D eigenvalue weighted by molar-refractivity contribution is -0.133. The summed E-state index contributed by atoms with van der Waals surface area (Å²) in [5, 5.41) is 3.16. The minimum absolute atomic E-state index is 0. The van der Waals surface area contributed by atoms with Crippen molar-refractivity contribution in [2.75, 3.05) is 37.8 Å². The Morgan fingerprint density at radius 1 is 1.13 bits per heavy atom. The number of hydrogen-bond acceptors (Lipinski definition) is 5. The largest absolute Gasteiger partial charge is 0.339 e. The van der Waals surface area contributed by atoms with Crippen LogP contribution in [0, 0.1) is 0 Å². The molecule has 1 aromatic rings. The van der Waals surface area contributed by atoms with Gasteiger partial charge in [0, 0.05) is 37.8 Å². The third-order valence-corrected chi connectivity index (χ3v) is 6.80. The number of nitrogens with zero attached hydrogens (tertiary/aromatic N) is 2. The number of hydrogen-bond donors (Lipinski definition) is 1. The number of amides is 1. The number of benzene rings is 1. The van der Waals surface area contributed by atoms with Crippen LogP contribution in [0.5, 0.6) is 0 Å². The number of carbonyl (C=O) groups excluding carboxylic acids is 1. The number of nitrogens with one attached hydrogen (secondary N) is 1. The van der Waals surface area contributed by atoms with Crippen molar-refractivity contribution in [2.24, 2.45) is 0 Å². The molecule has 0 aliphatic carbocycles. The first kappa shape index (κ1) is 18.5. The molecule has 2 heterocycles. The third kappa shape index (κ3) is 4.00. The highest BCUT2D eigenvalue weighted by atomic mass is 35.5. The molecule has 6 nitrogen and oxygen atoms in total. The molecule has 2 aliphatic heterocycles. The maximum absolute atomic E-state index is 12.5. The fraction of sp³-hybridized carbons (Fsp3) is 0.500. The number of piperazine rings is 1. The van der Waals surface area contributed by atoms with Crippen LogP contribution in [-0.4, -0.2) is 67.4 Å². The van der Waals surface area contributed by atoms with Gasteiger partial charge in [-0.15, -0.1) is 24.2 Å². The van der Waals surface area contributed by atoms with Crippen molar-refractivity contribution < 1.29 is 13.2 Å². The van der Waals surface area contributed by atoms with E-state index in [1.807, 2.05) is 0 Å².